The maximum atomic E-state index is 5.45. The van der Waals surface area contributed by atoms with Gasteiger partial charge in [0.1, 0.15) is 0 Å². The van der Waals surface area contributed by atoms with Crippen molar-refractivity contribution in [2.24, 2.45) is 0 Å². The lowest BCUT2D eigenvalue weighted by atomic mass is 10.1. The summed E-state index contributed by atoms with van der Waals surface area (Å²) in [4.78, 5) is 0. The van der Waals surface area contributed by atoms with Crippen LogP contribution in [0.5, 0.6) is 0 Å². The van der Waals surface area contributed by atoms with Gasteiger partial charge in [0.2, 0.25) is 0 Å². The van der Waals surface area contributed by atoms with Crippen molar-refractivity contribution in [3.05, 3.63) is 23.8 Å². The Hall–Kier alpha value is -0.600. The summed E-state index contributed by atoms with van der Waals surface area (Å²) in [6.45, 7) is 5.41. The topological polar surface area (TPSA) is 18.5 Å². The average molecular weight is 182 g/mol. The molecule has 0 saturated carbocycles. The van der Waals surface area contributed by atoms with Crippen LogP contribution in [0.2, 0.25) is 0 Å². The molecule has 0 unspecified atom stereocenters. The molecule has 0 aliphatic heterocycles. The first kappa shape index (κ1) is 10.5. The first-order chi connectivity index (χ1) is 6.36. The van der Waals surface area contributed by atoms with E-state index < -0.39 is 0 Å². The Morgan fingerprint density at radius 1 is 1.31 bits per heavy atom. The Morgan fingerprint density at radius 3 is 2.46 bits per heavy atom. The van der Waals surface area contributed by atoms with Crippen molar-refractivity contribution >= 4 is 0 Å². The van der Waals surface area contributed by atoms with Gasteiger partial charge < -0.3 is 9.47 Å². The summed E-state index contributed by atoms with van der Waals surface area (Å²) >= 11 is 0. The lowest BCUT2D eigenvalue weighted by Crippen LogP contribution is -2.17. The van der Waals surface area contributed by atoms with Gasteiger partial charge in [0.15, 0.2) is 6.29 Å². The third kappa shape index (κ3) is 3.75. The zero-order chi connectivity index (χ0) is 9.52. The van der Waals surface area contributed by atoms with Gasteiger partial charge in [-0.15, -0.1) is 0 Å². The average Bonchev–Trinajstić information content (AvgIpc) is 2.58. The molecule has 0 aromatic heterocycles. The van der Waals surface area contributed by atoms with Crippen LogP contribution in [0, 0.1) is 0 Å². The van der Waals surface area contributed by atoms with E-state index in [-0.39, 0.29) is 6.29 Å². The van der Waals surface area contributed by atoms with Crippen molar-refractivity contribution < 1.29 is 9.47 Å². The fourth-order valence-corrected chi connectivity index (χ4v) is 1.39. The lowest BCUT2D eigenvalue weighted by molar-refractivity contribution is -0.134. The molecule has 2 heteroatoms. The third-order valence-electron chi connectivity index (χ3n) is 1.98. The van der Waals surface area contributed by atoms with E-state index in [1.165, 1.54) is 5.57 Å². The maximum Gasteiger partial charge on any atom is 0.161 e. The Bertz CT molecular complexity index is 188. The quantitative estimate of drug-likeness (QED) is 0.588. The Kier molecular flexibility index (Phi) is 4.79. The summed E-state index contributed by atoms with van der Waals surface area (Å²) in [6.07, 6.45) is 8.28. The van der Waals surface area contributed by atoms with Crippen LogP contribution in [0.15, 0.2) is 23.8 Å². The fraction of sp³-hybridized carbons (Fsp3) is 0.636. The van der Waals surface area contributed by atoms with Gasteiger partial charge in [-0.2, -0.15) is 0 Å². The van der Waals surface area contributed by atoms with Gasteiger partial charge >= 0.3 is 0 Å². The Balaban J connectivity index is 2.28. The first-order valence-electron chi connectivity index (χ1n) is 4.94. The zero-order valence-electron chi connectivity index (χ0n) is 8.45. The minimum Gasteiger partial charge on any atom is -0.353 e. The van der Waals surface area contributed by atoms with Crippen molar-refractivity contribution in [3.8, 4) is 0 Å². The van der Waals surface area contributed by atoms with E-state index in [1.807, 2.05) is 13.8 Å². The van der Waals surface area contributed by atoms with Crippen molar-refractivity contribution in [1.29, 1.82) is 0 Å². The molecule has 2 nitrogen and oxygen atoms in total. The number of hydrogen-bond donors (Lipinski definition) is 0. The predicted molar refractivity (Wildman–Crippen MR) is 53.5 cm³/mol. The molecule has 1 rings (SSSR count). The van der Waals surface area contributed by atoms with Crippen LogP contribution < -0.4 is 0 Å². The SMILES string of the molecule is CCOC(CC1=CC=CC1)OCC. The van der Waals surface area contributed by atoms with Crippen molar-refractivity contribution in [2.45, 2.75) is 33.0 Å². The third-order valence-corrected chi connectivity index (χ3v) is 1.98. The normalized spacial score (nSPS) is 15.5. The molecule has 0 radical (unpaired) electrons. The first-order valence-corrected chi connectivity index (χ1v) is 4.94. The summed E-state index contributed by atoms with van der Waals surface area (Å²) in [7, 11) is 0. The number of ether oxygens (including phenoxy) is 2. The standard InChI is InChI=1S/C11H18O2/c1-3-12-11(13-4-2)9-10-7-5-6-8-10/h5-7,11H,3-4,8-9H2,1-2H3. The van der Waals surface area contributed by atoms with Gasteiger partial charge in [0.05, 0.1) is 0 Å². The van der Waals surface area contributed by atoms with Gasteiger partial charge in [-0.05, 0) is 20.3 Å². The van der Waals surface area contributed by atoms with Crippen molar-refractivity contribution in [2.75, 3.05) is 13.2 Å². The van der Waals surface area contributed by atoms with E-state index in [4.69, 9.17) is 9.47 Å². The molecule has 0 aromatic carbocycles. The number of rotatable bonds is 6. The van der Waals surface area contributed by atoms with E-state index in [1.54, 1.807) is 0 Å². The Morgan fingerprint density at radius 2 is 2.00 bits per heavy atom. The van der Waals surface area contributed by atoms with Crippen molar-refractivity contribution in [1.82, 2.24) is 0 Å². The minimum absolute atomic E-state index is 0.0545. The monoisotopic (exact) mass is 182 g/mol. The predicted octanol–water partition coefficient (Wildman–Crippen LogP) is 2.66. The highest BCUT2D eigenvalue weighted by molar-refractivity contribution is 5.22. The lowest BCUT2D eigenvalue weighted by Gasteiger charge is -2.17. The molecule has 0 spiro atoms. The van der Waals surface area contributed by atoms with E-state index in [9.17, 15) is 0 Å². The summed E-state index contributed by atoms with van der Waals surface area (Å²) in [5.74, 6) is 0. The second kappa shape index (κ2) is 5.95. The summed E-state index contributed by atoms with van der Waals surface area (Å²) < 4.78 is 10.9. The van der Waals surface area contributed by atoms with E-state index in [0.29, 0.717) is 13.2 Å². The van der Waals surface area contributed by atoms with Crippen LogP contribution >= 0.6 is 0 Å². The number of allylic oxidation sites excluding steroid dienone is 3. The highest BCUT2D eigenvalue weighted by Crippen LogP contribution is 2.18. The van der Waals surface area contributed by atoms with E-state index >= 15 is 0 Å². The molecule has 0 aromatic rings. The van der Waals surface area contributed by atoms with Gasteiger partial charge in [0.25, 0.3) is 0 Å². The smallest absolute Gasteiger partial charge is 0.161 e. The summed E-state index contributed by atoms with van der Waals surface area (Å²) in [5.41, 5.74) is 1.40. The van der Waals surface area contributed by atoms with Gasteiger partial charge in [-0.1, -0.05) is 23.8 Å². The van der Waals surface area contributed by atoms with E-state index in [0.717, 1.165) is 12.8 Å². The molecule has 0 fully saturated rings. The van der Waals surface area contributed by atoms with Crippen LogP contribution in [-0.4, -0.2) is 19.5 Å². The van der Waals surface area contributed by atoms with Crippen molar-refractivity contribution in [3.63, 3.8) is 0 Å². The number of hydrogen-bond acceptors (Lipinski definition) is 2. The summed E-state index contributed by atoms with van der Waals surface area (Å²) in [5, 5.41) is 0. The summed E-state index contributed by atoms with van der Waals surface area (Å²) in [6, 6.07) is 0. The Labute approximate surface area is 80.2 Å². The molecular formula is C11H18O2. The van der Waals surface area contributed by atoms with Crippen LogP contribution in [0.1, 0.15) is 26.7 Å². The van der Waals surface area contributed by atoms with Gasteiger partial charge in [-0.3, -0.25) is 0 Å². The molecule has 0 atom stereocenters. The molecule has 0 bridgehead atoms. The highest BCUT2D eigenvalue weighted by Gasteiger charge is 2.11. The molecule has 13 heavy (non-hydrogen) atoms. The largest absolute Gasteiger partial charge is 0.353 e. The highest BCUT2D eigenvalue weighted by atomic mass is 16.7. The maximum absolute atomic E-state index is 5.45. The molecule has 0 heterocycles. The zero-order valence-corrected chi connectivity index (χ0v) is 8.45. The molecule has 0 amide bonds. The van der Waals surface area contributed by atoms with Gasteiger partial charge in [-0.25, -0.2) is 0 Å². The minimum atomic E-state index is -0.0545. The van der Waals surface area contributed by atoms with Crippen LogP contribution in [0.3, 0.4) is 0 Å². The molecule has 74 valence electrons. The van der Waals surface area contributed by atoms with E-state index in [2.05, 4.69) is 18.2 Å². The van der Waals surface area contributed by atoms with Crippen LogP contribution in [0.4, 0.5) is 0 Å². The van der Waals surface area contributed by atoms with Gasteiger partial charge in [0, 0.05) is 19.6 Å². The second-order valence-electron chi connectivity index (χ2n) is 3.00. The fourth-order valence-electron chi connectivity index (χ4n) is 1.39. The molecule has 1 aliphatic carbocycles. The molecular weight excluding hydrogens is 164 g/mol. The van der Waals surface area contributed by atoms with Crippen LogP contribution in [0.25, 0.3) is 0 Å². The molecule has 0 saturated heterocycles. The van der Waals surface area contributed by atoms with Crippen LogP contribution in [-0.2, 0) is 9.47 Å². The molecule has 1 aliphatic rings. The second-order valence-corrected chi connectivity index (χ2v) is 3.00. The molecule has 0 N–H and O–H groups in total.